The maximum absolute atomic E-state index is 13.3. The number of nitrogens with one attached hydrogen (secondary N) is 1. The first-order chi connectivity index (χ1) is 8.15. The van der Waals surface area contributed by atoms with Crippen LogP contribution in [0.4, 0.5) is 4.39 Å². The third-order valence-corrected chi connectivity index (χ3v) is 3.19. The van der Waals surface area contributed by atoms with E-state index < -0.39 is 12.0 Å². The molecule has 2 N–H and O–H groups in total. The predicted octanol–water partition coefficient (Wildman–Crippen LogP) is 2.15. The van der Waals surface area contributed by atoms with E-state index in [1.807, 2.05) is 0 Å². The summed E-state index contributed by atoms with van der Waals surface area (Å²) in [5.41, 5.74) is 0. The van der Waals surface area contributed by atoms with Gasteiger partial charge in [-0.05, 0) is 12.1 Å². The van der Waals surface area contributed by atoms with Crippen molar-refractivity contribution in [2.75, 3.05) is 12.3 Å². The predicted molar refractivity (Wildman–Crippen MR) is 66.7 cm³/mol. The van der Waals surface area contributed by atoms with Crippen LogP contribution in [0.1, 0.15) is 0 Å². The van der Waals surface area contributed by atoms with Gasteiger partial charge in [0.25, 0.3) is 0 Å². The van der Waals surface area contributed by atoms with Gasteiger partial charge >= 0.3 is 5.97 Å². The van der Waals surface area contributed by atoms with Gasteiger partial charge in [-0.1, -0.05) is 18.2 Å². The van der Waals surface area contributed by atoms with Gasteiger partial charge in [-0.15, -0.1) is 18.3 Å². The zero-order valence-corrected chi connectivity index (χ0v) is 10.0. The van der Waals surface area contributed by atoms with Crippen molar-refractivity contribution in [2.45, 2.75) is 10.9 Å². The molecular weight excluding hydrogens is 241 g/mol. The SMILES string of the molecule is C=CCN[C@@H](CSc1ccccc1F)C(=O)O. The van der Waals surface area contributed by atoms with Gasteiger partial charge in [-0.3, -0.25) is 4.79 Å². The first kappa shape index (κ1) is 13.7. The van der Waals surface area contributed by atoms with E-state index in [9.17, 15) is 9.18 Å². The number of aliphatic carboxylic acids is 1. The molecule has 0 saturated carbocycles. The fourth-order valence-electron chi connectivity index (χ4n) is 1.18. The Bertz CT molecular complexity index is 398. The average molecular weight is 255 g/mol. The average Bonchev–Trinajstić information content (AvgIpc) is 2.31. The minimum absolute atomic E-state index is 0.268. The van der Waals surface area contributed by atoms with Crippen molar-refractivity contribution < 1.29 is 14.3 Å². The van der Waals surface area contributed by atoms with Crippen LogP contribution in [0.15, 0.2) is 41.8 Å². The monoisotopic (exact) mass is 255 g/mol. The third-order valence-electron chi connectivity index (χ3n) is 2.05. The molecule has 5 heteroatoms. The number of hydrogen-bond acceptors (Lipinski definition) is 3. The molecule has 0 unspecified atom stereocenters. The van der Waals surface area contributed by atoms with E-state index in [0.717, 1.165) is 0 Å². The summed E-state index contributed by atoms with van der Waals surface area (Å²) < 4.78 is 13.3. The highest BCUT2D eigenvalue weighted by Gasteiger charge is 2.16. The van der Waals surface area contributed by atoms with Gasteiger partial charge in [-0.2, -0.15) is 0 Å². The highest BCUT2D eigenvalue weighted by Crippen LogP contribution is 2.21. The number of carbonyl (C=O) groups is 1. The van der Waals surface area contributed by atoms with Crippen LogP contribution in [-0.2, 0) is 4.79 Å². The van der Waals surface area contributed by atoms with Crippen LogP contribution in [0, 0.1) is 5.82 Å². The van der Waals surface area contributed by atoms with Crippen LogP contribution in [0.2, 0.25) is 0 Å². The van der Waals surface area contributed by atoms with Crippen molar-refractivity contribution in [1.29, 1.82) is 0 Å². The summed E-state index contributed by atoms with van der Waals surface area (Å²) in [6, 6.07) is 5.60. The lowest BCUT2D eigenvalue weighted by Gasteiger charge is -2.12. The number of halogens is 1. The molecule has 0 radical (unpaired) electrons. The Hall–Kier alpha value is -1.33. The fourth-order valence-corrected chi connectivity index (χ4v) is 2.17. The van der Waals surface area contributed by atoms with Crippen molar-refractivity contribution in [3.63, 3.8) is 0 Å². The molecule has 0 bridgehead atoms. The number of benzene rings is 1. The lowest BCUT2D eigenvalue weighted by atomic mass is 10.3. The molecule has 0 amide bonds. The van der Waals surface area contributed by atoms with Crippen LogP contribution >= 0.6 is 11.8 Å². The highest BCUT2D eigenvalue weighted by atomic mass is 32.2. The number of rotatable bonds is 7. The van der Waals surface area contributed by atoms with Gasteiger partial charge in [0.1, 0.15) is 11.9 Å². The number of carboxylic acids is 1. The Morgan fingerprint density at radius 2 is 2.29 bits per heavy atom. The Labute approximate surface area is 104 Å². The molecule has 0 fully saturated rings. The molecule has 0 aliphatic heterocycles. The minimum atomic E-state index is -0.948. The van der Waals surface area contributed by atoms with Crippen molar-refractivity contribution >= 4 is 17.7 Å². The standard InChI is InChI=1S/C12H14FNO2S/c1-2-7-14-10(12(15)16)8-17-11-6-4-3-5-9(11)13/h2-6,10,14H,1,7-8H2,(H,15,16)/t10-/m0/s1. The number of carboxylic acid groups (broad SMARTS) is 1. The smallest absolute Gasteiger partial charge is 0.321 e. The maximum atomic E-state index is 13.3. The molecule has 1 aromatic rings. The molecule has 0 spiro atoms. The summed E-state index contributed by atoms with van der Waals surface area (Å²) in [6.07, 6.45) is 1.59. The molecule has 17 heavy (non-hydrogen) atoms. The molecule has 3 nitrogen and oxygen atoms in total. The van der Waals surface area contributed by atoms with E-state index in [2.05, 4.69) is 11.9 Å². The van der Waals surface area contributed by atoms with Gasteiger partial charge in [0.05, 0.1) is 0 Å². The van der Waals surface area contributed by atoms with Gasteiger partial charge < -0.3 is 10.4 Å². The summed E-state index contributed by atoms with van der Waals surface area (Å²) >= 11 is 1.18. The Balaban J connectivity index is 2.54. The Morgan fingerprint density at radius 1 is 1.59 bits per heavy atom. The van der Waals surface area contributed by atoms with Gasteiger partial charge in [0.15, 0.2) is 0 Å². The Kier molecular flexibility index (Phi) is 5.72. The summed E-state index contributed by atoms with van der Waals surface area (Å²) in [5, 5.41) is 11.7. The van der Waals surface area contributed by atoms with Crippen LogP contribution in [0.3, 0.4) is 0 Å². The largest absolute Gasteiger partial charge is 0.480 e. The quantitative estimate of drug-likeness (QED) is 0.579. The second kappa shape index (κ2) is 7.09. The molecular formula is C12H14FNO2S. The normalized spacial score (nSPS) is 12.1. The summed E-state index contributed by atoms with van der Waals surface area (Å²) in [6.45, 7) is 3.91. The first-order valence-corrected chi connectivity index (χ1v) is 6.08. The van der Waals surface area contributed by atoms with Crippen LogP contribution < -0.4 is 5.32 Å². The molecule has 1 atom stereocenters. The lowest BCUT2D eigenvalue weighted by Crippen LogP contribution is -2.38. The lowest BCUT2D eigenvalue weighted by molar-refractivity contribution is -0.138. The molecule has 1 aromatic carbocycles. The van der Waals surface area contributed by atoms with E-state index in [0.29, 0.717) is 11.4 Å². The molecule has 0 aromatic heterocycles. The second-order valence-corrected chi connectivity index (χ2v) is 4.39. The van der Waals surface area contributed by atoms with E-state index >= 15 is 0 Å². The maximum Gasteiger partial charge on any atom is 0.321 e. The minimum Gasteiger partial charge on any atom is -0.480 e. The molecule has 0 heterocycles. The highest BCUT2D eigenvalue weighted by molar-refractivity contribution is 7.99. The zero-order chi connectivity index (χ0) is 12.7. The third kappa shape index (κ3) is 4.58. The van der Waals surface area contributed by atoms with Gasteiger partial charge in [0, 0.05) is 17.2 Å². The van der Waals surface area contributed by atoms with Crippen LogP contribution in [0.25, 0.3) is 0 Å². The van der Waals surface area contributed by atoms with Crippen molar-refractivity contribution in [3.05, 3.63) is 42.7 Å². The van der Waals surface area contributed by atoms with E-state index in [4.69, 9.17) is 5.11 Å². The van der Waals surface area contributed by atoms with Crippen molar-refractivity contribution in [1.82, 2.24) is 5.32 Å². The van der Waals surface area contributed by atoms with Crippen LogP contribution in [0.5, 0.6) is 0 Å². The first-order valence-electron chi connectivity index (χ1n) is 5.09. The van der Waals surface area contributed by atoms with Gasteiger partial charge in [-0.25, -0.2) is 4.39 Å². The topological polar surface area (TPSA) is 49.3 Å². The van der Waals surface area contributed by atoms with Crippen LogP contribution in [-0.4, -0.2) is 29.4 Å². The van der Waals surface area contributed by atoms with E-state index in [1.165, 1.54) is 17.8 Å². The summed E-state index contributed by atoms with van der Waals surface area (Å²) in [4.78, 5) is 11.4. The van der Waals surface area contributed by atoms with E-state index in [-0.39, 0.29) is 11.6 Å². The van der Waals surface area contributed by atoms with Crippen molar-refractivity contribution in [3.8, 4) is 0 Å². The molecule has 1 rings (SSSR count). The number of hydrogen-bond donors (Lipinski definition) is 2. The summed E-state index contributed by atoms with van der Waals surface area (Å²) in [5.74, 6) is -1.01. The Morgan fingerprint density at radius 3 is 2.88 bits per heavy atom. The molecule has 0 aliphatic carbocycles. The molecule has 92 valence electrons. The van der Waals surface area contributed by atoms with Crippen molar-refractivity contribution in [2.24, 2.45) is 0 Å². The second-order valence-electron chi connectivity index (χ2n) is 3.33. The molecule has 0 saturated heterocycles. The van der Waals surface area contributed by atoms with Gasteiger partial charge in [0.2, 0.25) is 0 Å². The fraction of sp³-hybridized carbons (Fsp3) is 0.250. The van der Waals surface area contributed by atoms with E-state index in [1.54, 1.807) is 24.3 Å². The number of thioether (sulfide) groups is 1. The summed E-state index contributed by atoms with van der Waals surface area (Å²) in [7, 11) is 0. The zero-order valence-electron chi connectivity index (χ0n) is 9.23. The molecule has 0 aliphatic rings.